The first-order valence-corrected chi connectivity index (χ1v) is 11.7. The molecule has 1 aliphatic carbocycles. The molecule has 2 fully saturated rings. The maximum Gasteiger partial charge on any atom is 0.243 e. The molecular formula is C17H26N2O4S2. The van der Waals surface area contributed by atoms with E-state index in [9.17, 15) is 16.8 Å². The Morgan fingerprint density at radius 1 is 0.840 bits per heavy atom. The summed E-state index contributed by atoms with van der Waals surface area (Å²) in [6.07, 6.45) is 3.38. The van der Waals surface area contributed by atoms with Crippen molar-refractivity contribution in [2.75, 3.05) is 26.2 Å². The van der Waals surface area contributed by atoms with Crippen molar-refractivity contribution < 1.29 is 16.8 Å². The minimum absolute atomic E-state index is 0.210. The molecule has 1 saturated heterocycles. The number of nitrogens with zero attached hydrogens (tertiary/aromatic N) is 2. The summed E-state index contributed by atoms with van der Waals surface area (Å²) >= 11 is 0. The number of hydrogen-bond donors (Lipinski definition) is 0. The first kappa shape index (κ1) is 18.8. The van der Waals surface area contributed by atoms with E-state index in [0.29, 0.717) is 0 Å². The lowest BCUT2D eigenvalue weighted by Crippen LogP contribution is -2.52. The Morgan fingerprint density at radius 3 is 1.96 bits per heavy atom. The van der Waals surface area contributed by atoms with Crippen molar-refractivity contribution in [3.8, 4) is 0 Å². The number of sulfonamides is 2. The average molecular weight is 387 g/mol. The van der Waals surface area contributed by atoms with Gasteiger partial charge < -0.3 is 0 Å². The Balaban J connectivity index is 1.72. The summed E-state index contributed by atoms with van der Waals surface area (Å²) in [6.45, 7) is 4.73. The van der Waals surface area contributed by atoms with Gasteiger partial charge in [-0.1, -0.05) is 18.9 Å². The highest BCUT2D eigenvalue weighted by atomic mass is 32.2. The number of aryl methyl sites for hydroxylation is 2. The standard InChI is InChI=1S/C17H26N2O4S2/c1-14-7-8-17(13-15(14)2)25(22,23)19-11-9-18(10-12-19)24(20,21)16-5-3-4-6-16/h7-8,13,16H,3-6,9-12H2,1-2H3. The van der Waals surface area contributed by atoms with Gasteiger partial charge in [0.15, 0.2) is 0 Å². The molecule has 2 aliphatic rings. The van der Waals surface area contributed by atoms with E-state index < -0.39 is 20.0 Å². The zero-order valence-electron chi connectivity index (χ0n) is 14.8. The van der Waals surface area contributed by atoms with Crippen molar-refractivity contribution in [2.45, 2.75) is 49.7 Å². The molecule has 1 heterocycles. The van der Waals surface area contributed by atoms with Crippen molar-refractivity contribution >= 4 is 20.0 Å². The normalized spacial score (nSPS) is 21.7. The largest absolute Gasteiger partial charge is 0.243 e. The zero-order valence-corrected chi connectivity index (χ0v) is 16.4. The molecule has 0 aromatic heterocycles. The predicted octanol–water partition coefficient (Wildman–Crippen LogP) is 1.88. The highest BCUT2D eigenvalue weighted by molar-refractivity contribution is 7.90. The Labute approximate surface area is 150 Å². The summed E-state index contributed by atoms with van der Waals surface area (Å²) in [5, 5.41) is -0.282. The highest BCUT2D eigenvalue weighted by Gasteiger charge is 2.38. The number of rotatable bonds is 4. The fourth-order valence-electron chi connectivity index (χ4n) is 3.59. The summed E-state index contributed by atoms with van der Waals surface area (Å²) < 4.78 is 53.8. The van der Waals surface area contributed by atoms with Gasteiger partial charge in [-0.25, -0.2) is 16.8 Å². The Kier molecular flexibility index (Phi) is 5.26. The van der Waals surface area contributed by atoms with E-state index in [0.717, 1.165) is 36.8 Å². The third-order valence-electron chi connectivity index (χ3n) is 5.40. The van der Waals surface area contributed by atoms with Crippen LogP contribution in [0.4, 0.5) is 0 Å². The third-order valence-corrected chi connectivity index (χ3v) is 9.69. The van der Waals surface area contributed by atoms with E-state index in [-0.39, 0.29) is 36.3 Å². The van der Waals surface area contributed by atoms with Gasteiger partial charge in [0, 0.05) is 26.2 Å². The predicted molar refractivity (Wildman–Crippen MR) is 97.4 cm³/mol. The van der Waals surface area contributed by atoms with Crippen LogP contribution in [0, 0.1) is 13.8 Å². The van der Waals surface area contributed by atoms with Crippen LogP contribution in [0.1, 0.15) is 36.8 Å². The van der Waals surface area contributed by atoms with E-state index in [2.05, 4.69) is 0 Å². The van der Waals surface area contributed by atoms with Crippen LogP contribution in [0.3, 0.4) is 0 Å². The minimum atomic E-state index is -3.58. The van der Waals surface area contributed by atoms with Crippen molar-refractivity contribution in [3.05, 3.63) is 29.3 Å². The second-order valence-corrected chi connectivity index (χ2v) is 11.2. The highest BCUT2D eigenvalue weighted by Crippen LogP contribution is 2.28. The van der Waals surface area contributed by atoms with Crippen molar-refractivity contribution in [1.82, 2.24) is 8.61 Å². The Hall–Kier alpha value is -0.960. The molecule has 1 saturated carbocycles. The second-order valence-electron chi connectivity index (χ2n) is 7.00. The molecule has 0 amide bonds. The molecule has 0 radical (unpaired) electrons. The lowest BCUT2D eigenvalue weighted by atomic mass is 10.1. The summed E-state index contributed by atoms with van der Waals surface area (Å²) in [7, 11) is -6.87. The molecule has 0 bridgehead atoms. The maximum absolute atomic E-state index is 12.8. The van der Waals surface area contributed by atoms with Gasteiger partial charge in [-0.3, -0.25) is 0 Å². The van der Waals surface area contributed by atoms with Crippen molar-refractivity contribution in [1.29, 1.82) is 0 Å². The van der Waals surface area contributed by atoms with E-state index in [1.807, 2.05) is 19.9 Å². The summed E-state index contributed by atoms with van der Waals surface area (Å²) in [5.41, 5.74) is 1.98. The van der Waals surface area contributed by atoms with E-state index >= 15 is 0 Å². The van der Waals surface area contributed by atoms with Crippen LogP contribution >= 0.6 is 0 Å². The summed E-state index contributed by atoms with van der Waals surface area (Å²) in [5.74, 6) is 0. The molecule has 8 heteroatoms. The zero-order chi connectivity index (χ0) is 18.2. The quantitative estimate of drug-likeness (QED) is 0.792. The average Bonchev–Trinajstić information content (AvgIpc) is 3.13. The van der Waals surface area contributed by atoms with Gasteiger partial charge in [0.05, 0.1) is 10.1 Å². The molecular weight excluding hydrogens is 360 g/mol. The molecule has 0 spiro atoms. The molecule has 25 heavy (non-hydrogen) atoms. The lowest BCUT2D eigenvalue weighted by molar-refractivity contribution is 0.270. The van der Waals surface area contributed by atoms with Crippen LogP contribution in [0.15, 0.2) is 23.1 Å². The molecule has 0 N–H and O–H groups in total. The van der Waals surface area contributed by atoms with Gasteiger partial charge in [-0.05, 0) is 49.9 Å². The molecule has 0 atom stereocenters. The monoisotopic (exact) mass is 386 g/mol. The van der Waals surface area contributed by atoms with Crippen LogP contribution in [0.25, 0.3) is 0 Å². The van der Waals surface area contributed by atoms with E-state index in [1.165, 1.54) is 8.61 Å². The van der Waals surface area contributed by atoms with Crippen molar-refractivity contribution in [3.63, 3.8) is 0 Å². The van der Waals surface area contributed by atoms with Gasteiger partial charge in [0.2, 0.25) is 20.0 Å². The first-order valence-electron chi connectivity index (χ1n) is 8.79. The van der Waals surface area contributed by atoms with Crippen LogP contribution in [0.2, 0.25) is 0 Å². The van der Waals surface area contributed by atoms with Gasteiger partial charge in [0.25, 0.3) is 0 Å². The molecule has 0 unspecified atom stereocenters. The number of piperazine rings is 1. The number of benzene rings is 1. The van der Waals surface area contributed by atoms with Crippen LogP contribution in [-0.2, 0) is 20.0 Å². The molecule has 3 rings (SSSR count). The Bertz CT molecular complexity index is 835. The molecule has 1 aromatic carbocycles. The Morgan fingerprint density at radius 2 is 1.40 bits per heavy atom. The fourth-order valence-corrected chi connectivity index (χ4v) is 7.12. The van der Waals surface area contributed by atoms with Crippen LogP contribution in [-0.4, -0.2) is 56.9 Å². The fraction of sp³-hybridized carbons (Fsp3) is 0.647. The first-order chi connectivity index (χ1) is 11.7. The third kappa shape index (κ3) is 3.63. The molecule has 140 valence electrons. The molecule has 1 aromatic rings. The summed E-state index contributed by atoms with van der Waals surface area (Å²) in [6, 6.07) is 5.12. The van der Waals surface area contributed by atoms with E-state index in [1.54, 1.807) is 12.1 Å². The number of hydrogen-bond acceptors (Lipinski definition) is 4. The maximum atomic E-state index is 12.8. The van der Waals surface area contributed by atoms with Crippen molar-refractivity contribution in [2.24, 2.45) is 0 Å². The van der Waals surface area contributed by atoms with E-state index in [4.69, 9.17) is 0 Å². The SMILES string of the molecule is Cc1ccc(S(=O)(=O)N2CCN(S(=O)(=O)C3CCCC3)CC2)cc1C. The van der Waals surface area contributed by atoms with Gasteiger partial charge in [0.1, 0.15) is 0 Å². The summed E-state index contributed by atoms with van der Waals surface area (Å²) in [4.78, 5) is 0.280. The van der Waals surface area contributed by atoms with Gasteiger partial charge in [-0.2, -0.15) is 8.61 Å². The van der Waals surface area contributed by atoms with Crippen LogP contribution in [0.5, 0.6) is 0 Å². The second kappa shape index (κ2) is 6.98. The van der Waals surface area contributed by atoms with Gasteiger partial charge >= 0.3 is 0 Å². The molecule has 6 nitrogen and oxygen atoms in total. The molecule has 1 aliphatic heterocycles. The minimum Gasteiger partial charge on any atom is -0.212 e. The smallest absolute Gasteiger partial charge is 0.212 e. The van der Waals surface area contributed by atoms with Crippen LogP contribution < -0.4 is 0 Å². The lowest BCUT2D eigenvalue weighted by Gasteiger charge is -2.34. The van der Waals surface area contributed by atoms with Gasteiger partial charge in [-0.15, -0.1) is 0 Å². The topological polar surface area (TPSA) is 74.8 Å².